The Morgan fingerprint density at radius 1 is 0.927 bits per heavy atom. The molecule has 1 aliphatic rings. The third-order valence-corrected chi connectivity index (χ3v) is 7.93. The molecule has 4 rings (SSSR count). The summed E-state index contributed by atoms with van der Waals surface area (Å²) in [6, 6.07) is 15.2. The summed E-state index contributed by atoms with van der Waals surface area (Å²) < 4.78 is 27.1. The van der Waals surface area contributed by atoms with Gasteiger partial charge in [-0.15, -0.1) is 0 Å². The van der Waals surface area contributed by atoms with Gasteiger partial charge < -0.3 is 16.8 Å². The number of hydrogen-bond acceptors (Lipinski definition) is 5. The third kappa shape index (κ3) is 8.39. The highest BCUT2D eigenvalue weighted by atomic mass is 35.5. The van der Waals surface area contributed by atoms with Crippen LogP contribution in [0.3, 0.4) is 0 Å². The maximum atomic E-state index is 13.5. The molecular weight excluding hydrogens is 571 g/mol. The van der Waals surface area contributed by atoms with E-state index in [-0.39, 0.29) is 45.7 Å². The van der Waals surface area contributed by atoms with Crippen molar-refractivity contribution in [2.45, 2.75) is 31.2 Å². The number of anilines is 2. The Kier molecular flexibility index (Phi) is 10.6. The Labute approximate surface area is 248 Å². The zero-order chi connectivity index (χ0) is 29.5. The monoisotopic (exact) mass is 603 g/mol. The largest absolute Gasteiger partial charge is 0.399 e. The molecule has 1 heterocycles. The van der Waals surface area contributed by atoms with Crippen LogP contribution < -0.4 is 16.8 Å². The van der Waals surface area contributed by atoms with Crippen molar-refractivity contribution in [1.82, 2.24) is 9.80 Å². The van der Waals surface area contributed by atoms with Gasteiger partial charge in [0.25, 0.3) is 0 Å². The lowest BCUT2D eigenvalue weighted by atomic mass is 9.87. The highest BCUT2D eigenvalue weighted by molar-refractivity contribution is 6.40. The van der Waals surface area contributed by atoms with E-state index in [0.717, 1.165) is 30.4 Å². The first-order chi connectivity index (χ1) is 19.6. The summed E-state index contributed by atoms with van der Waals surface area (Å²) in [5, 5.41) is 3.20. The number of piperazine rings is 1. The molecule has 218 valence electrons. The van der Waals surface area contributed by atoms with Gasteiger partial charge in [0.2, 0.25) is 11.8 Å². The molecule has 0 aromatic heterocycles. The third-order valence-electron chi connectivity index (χ3n) is 7.33. The molecule has 7 nitrogen and oxygen atoms in total. The minimum Gasteiger partial charge on any atom is -0.399 e. The fraction of sp³-hybridized carbons (Fsp3) is 0.333. The number of rotatable bonds is 11. The average Bonchev–Trinajstić information content (AvgIpc) is 2.92. The van der Waals surface area contributed by atoms with Gasteiger partial charge in [-0.1, -0.05) is 53.9 Å². The van der Waals surface area contributed by atoms with Crippen molar-refractivity contribution in [2.24, 2.45) is 5.73 Å². The van der Waals surface area contributed by atoms with Crippen LogP contribution in [0.5, 0.6) is 0 Å². The van der Waals surface area contributed by atoms with Crippen LogP contribution in [0.25, 0.3) is 0 Å². The molecule has 3 aromatic rings. The first-order valence-corrected chi connectivity index (χ1v) is 14.2. The van der Waals surface area contributed by atoms with Gasteiger partial charge in [0.1, 0.15) is 17.7 Å². The normalized spacial score (nSPS) is 16.2. The van der Waals surface area contributed by atoms with E-state index in [1.165, 1.54) is 36.4 Å². The summed E-state index contributed by atoms with van der Waals surface area (Å²) >= 11 is 12.4. The van der Waals surface area contributed by atoms with E-state index in [4.69, 9.17) is 34.7 Å². The first-order valence-electron chi connectivity index (χ1n) is 13.4. The van der Waals surface area contributed by atoms with Gasteiger partial charge in [-0.05, 0) is 66.9 Å². The van der Waals surface area contributed by atoms with Crippen LogP contribution in [-0.2, 0) is 9.59 Å². The van der Waals surface area contributed by atoms with Crippen LogP contribution in [0.15, 0.2) is 60.7 Å². The number of primary amides is 1. The fourth-order valence-corrected chi connectivity index (χ4v) is 5.83. The van der Waals surface area contributed by atoms with Crippen LogP contribution in [-0.4, -0.2) is 60.4 Å². The van der Waals surface area contributed by atoms with Crippen molar-refractivity contribution in [3.8, 4) is 0 Å². The van der Waals surface area contributed by atoms with Crippen molar-refractivity contribution in [1.29, 1.82) is 0 Å². The fourth-order valence-electron chi connectivity index (χ4n) is 5.23. The summed E-state index contributed by atoms with van der Waals surface area (Å²) in [6.45, 7) is 2.17. The second kappa shape index (κ2) is 14.1. The summed E-state index contributed by atoms with van der Waals surface area (Å²) in [5.74, 6) is -1.39. The molecule has 1 aliphatic heterocycles. The summed E-state index contributed by atoms with van der Waals surface area (Å²) in [4.78, 5) is 28.9. The lowest BCUT2D eigenvalue weighted by molar-refractivity contribution is -0.127. The lowest BCUT2D eigenvalue weighted by Crippen LogP contribution is -2.59. The first kappa shape index (κ1) is 30.7. The number of nitrogens with zero attached hydrogens (tertiary/aromatic N) is 2. The molecule has 1 unspecified atom stereocenters. The van der Waals surface area contributed by atoms with Crippen molar-refractivity contribution in [2.75, 3.05) is 43.8 Å². The van der Waals surface area contributed by atoms with Gasteiger partial charge in [0, 0.05) is 31.2 Å². The van der Waals surface area contributed by atoms with Crippen LogP contribution >= 0.6 is 23.2 Å². The molecule has 0 bridgehead atoms. The van der Waals surface area contributed by atoms with Gasteiger partial charge in [0.05, 0.1) is 22.3 Å². The number of carbonyl (C=O) groups excluding carboxylic acids is 2. The summed E-state index contributed by atoms with van der Waals surface area (Å²) in [7, 11) is 0. The van der Waals surface area contributed by atoms with Crippen molar-refractivity contribution < 1.29 is 18.4 Å². The summed E-state index contributed by atoms with van der Waals surface area (Å²) in [6.07, 6.45) is 2.41. The summed E-state index contributed by atoms with van der Waals surface area (Å²) in [5.41, 5.74) is 14.1. The molecule has 1 atom stereocenters. The molecule has 2 amide bonds. The van der Waals surface area contributed by atoms with Crippen molar-refractivity contribution in [3.05, 3.63) is 93.5 Å². The Balaban J connectivity index is 1.31. The molecule has 0 radical (unpaired) electrons. The van der Waals surface area contributed by atoms with Crippen LogP contribution in [0.1, 0.15) is 36.3 Å². The molecule has 11 heteroatoms. The molecule has 5 N–H and O–H groups in total. The van der Waals surface area contributed by atoms with Gasteiger partial charge in [0.15, 0.2) is 0 Å². The minimum absolute atomic E-state index is 0.0124. The SMILES string of the molecule is NC(=O)C1CN(CC(=O)Nc2c(Cl)cc(N)cc2Cl)CCN1CCCCC(c1ccc(F)cc1)c1ccc(F)cc1. The second-order valence-electron chi connectivity index (χ2n) is 10.2. The lowest BCUT2D eigenvalue weighted by Gasteiger charge is -2.39. The van der Waals surface area contributed by atoms with E-state index in [1.54, 1.807) is 24.3 Å². The van der Waals surface area contributed by atoms with Gasteiger partial charge in [-0.25, -0.2) is 8.78 Å². The van der Waals surface area contributed by atoms with Crippen LogP contribution in [0, 0.1) is 11.6 Å². The number of unbranched alkanes of at least 4 members (excludes halogenated alkanes) is 1. The topological polar surface area (TPSA) is 105 Å². The van der Waals surface area contributed by atoms with Gasteiger partial charge in [-0.3, -0.25) is 19.4 Å². The van der Waals surface area contributed by atoms with Gasteiger partial charge in [-0.2, -0.15) is 0 Å². The molecule has 0 aliphatic carbocycles. The standard InChI is InChI=1S/C30H33Cl2F2N5O2/c31-25-15-23(35)16-26(32)29(25)37-28(40)18-38-13-14-39(27(17-38)30(36)41)12-2-1-3-24(19-4-8-21(33)9-5-19)20-6-10-22(34)11-7-20/h4-11,15-16,24,27H,1-3,12-14,17-18,35H2,(H2,36,41)(H,37,40). The highest BCUT2D eigenvalue weighted by Gasteiger charge is 2.31. The van der Waals surface area contributed by atoms with Crippen molar-refractivity contribution >= 4 is 46.4 Å². The molecule has 1 saturated heterocycles. The van der Waals surface area contributed by atoms with Gasteiger partial charge >= 0.3 is 0 Å². The Bertz CT molecular complexity index is 1290. The van der Waals surface area contributed by atoms with E-state index in [9.17, 15) is 18.4 Å². The zero-order valence-electron chi connectivity index (χ0n) is 22.5. The van der Waals surface area contributed by atoms with E-state index < -0.39 is 11.9 Å². The Morgan fingerprint density at radius 2 is 1.49 bits per heavy atom. The van der Waals surface area contributed by atoms with E-state index in [2.05, 4.69) is 10.2 Å². The number of nitrogens with one attached hydrogen (secondary N) is 1. The van der Waals surface area contributed by atoms with Crippen molar-refractivity contribution in [3.63, 3.8) is 0 Å². The predicted octanol–water partition coefficient (Wildman–Crippen LogP) is 5.27. The smallest absolute Gasteiger partial charge is 0.238 e. The Hall–Kier alpha value is -3.24. The number of amides is 2. The molecule has 0 spiro atoms. The molecular formula is C30H33Cl2F2N5O2. The minimum atomic E-state index is -0.537. The Morgan fingerprint density at radius 3 is 2.02 bits per heavy atom. The molecule has 3 aromatic carbocycles. The zero-order valence-corrected chi connectivity index (χ0v) is 24.0. The predicted molar refractivity (Wildman–Crippen MR) is 159 cm³/mol. The van der Waals surface area contributed by atoms with E-state index in [0.29, 0.717) is 31.9 Å². The molecule has 41 heavy (non-hydrogen) atoms. The average molecular weight is 605 g/mol. The van der Waals surface area contributed by atoms with E-state index >= 15 is 0 Å². The molecule has 1 fully saturated rings. The van der Waals surface area contributed by atoms with E-state index in [1.807, 2.05) is 4.90 Å². The highest BCUT2D eigenvalue weighted by Crippen LogP contribution is 2.33. The second-order valence-corrected chi connectivity index (χ2v) is 11.1. The number of nitrogens with two attached hydrogens (primary N) is 2. The number of hydrogen-bond donors (Lipinski definition) is 3. The quantitative estimate of drug-likeness (QED) is 0.205. The van der Waals surface area contributed by atoms with Crippen LogP contribution in [0.2, 0.25) is 10.0 Å². The maximum Gasteiger partial charge on any atom is 0.238 e. The maximum absolute atomic E-state index is 13.5. The number of carbonyl (C=O) groups is 2. The number of halogens is 4. The molecule has 0 saturated carbocycles. The number of benzene rings is 3. The number of nitrogen functional groups attached to an aromatic ring is 1. The van der Waals surface area contributed by atoms with Crippen LogP contribution in [0.4, 0.5) is 20.2 Å².